The van der Waals surface area contributed by atoms with Gasteiger partial charge in [0.25, 0.3) is 0 Å². The van der Waals surface area contributed by atoms with E-state index >= 15 is 0 Å². The molecular weight excluding hydrogens is 264 g/mol. The maximum atomic E-state index is 5.85. The molecule has 1 aromatic carbocycles. The Morgan fingerprint density at radius 2 is 2.24 bits per heavy atom. The van der Waals surface area contributed by atoms with Crippen molar-refractivity contribution >= 4 is 5.69 Å². The maximum absolute atomic E-state index is 5.85. The molecule has 1 heterocycles. The molecule has 0 aliphatic heterocycles. The minimum absolute atomic E-state index is 0.497. The molecule has 0 saturated heterocycles. The number of nitrogens with two attached hydrogens (primary N) is 1. The molecule has 4 nitrogen and oxygen atoms in total. The number of ether oxygens (including phenoxy) is 1. The number of rotatable bonds is 5. The first-order valence-corrected chi connectivity index (χ1v) is 6.59. The van der Waals surface area contributed by atoms with Crippen LogP contribution in [0, 0.1) is 6.92 Å². The van der Waals surface area contributed by atoms with Crippen molar-refractivity contribution in [3.05, 3.63) is 66.8 Å². The number of aromatic nitrogens is 1. The van der Waals surface area contributed by atoms with E-state index in [0.29, 0.717) is 23.1 Å². The summed E-state index contributed by atoms with van der Waals surface area (Å²) in [7, 11) is 0. The summed E-state index contributed by atoms with van der Waals surface area (Å²) in [6.45, 7) is 7.51. The quantitative estimate of drug-likeness (QED) is 0.505. The van der Waals surface area contributed by atoms with Crippen LogP contribution in [0.5, 0.6) is 5.75 Å². The molecule has 0 saturated carbocycles. The highest BCUT2D eigenvalue weighted by atomic mass is 16.5. The molecule has 21 heavy (non-hydrogen) atoms. The Labute approximate surface area is 124 Å². The lowest BCUT2D eigenvalue weighted by molar-refractivity contribution is 0.443. The number of allylic oxidation sites excluding steroid dienone is 4. The van der Waals surface area contributed by atoms with Crippen LogP contribution in [-0.2, 0) is 0 Å². The summed E-state index contributed by atoms with van der Waals surface area (Å²) in [5, 5.41) is 0. The lowest BCUT2D eigenvalue weighted by Crippen LogP contribution is -1.96. The SMILES string of the molecule is C=C/C(=C\C=C/C)Oc1cc(N)ccc1-c1ncc(C)o1. The highest BCUT2D eigenvalue weighted by Gasteiger charge is 2.13. The van der Waals surface area contributed by atoms with Crippen molar-refractivity contribution in [2.45, 2.75) is 13.8 Å². The molecule has 2 rings (SSSR count). The van der Waals surface area contributed by atoms with E-state index in [1.165, 1.54) is 0 Å². The summed E-state index contributed by atoms with van der Waals surface area (Å²) in [5.41, 5.74) is 7.18. The number of oxazole rings is 1. The Hall–Kier alpha value is -2.75. The smallest absolute Gasteiger partial charge is 0.230 e. The molecular formula is C17H18N2O2. The molecule has 0 fully saturated rings. The summed E-state index contributed by atoms with van der Waals surface area (Å²) in [6, 6.07) is 5.35. The second kappa shape index (κ2) is 6.61. The Balaban J connectivity index is 2.42. The first kappa shape index (κ1) is 14.7. The molecule has 0 atom stereocenters. The van der Waals surface area contributed by atoms with E-state index in [4.69, 9.17) is 14.9 Å². The molecule has 0 aliphatic carbocycles. The monoisotopic (exact) mass is 282 g/mol. The number of nitrogen functional groups attached to an aromatic ring is 1. The van der Waals surface area contributed by atoms with Crippen molar-refractivity contribution in [2.75, 3.05) is 5.73 Å². The Morgan fingerprint density at radius 1 is 1.43 bits per heavy atom. The van der Waals surface area contributed by atoms with Crippen LogP contribution in [0.25, 0.3) is 11.5 Å². The number of hydrogen-bond acceptors (Lipinski definition) is 4. The number of anilines is 1. The number of hydrogen-bond donors (Lipinski definition) is 1. The van der Waals surface area contributed by atoms with Gasteiger partial charge in [-0.2, -0.15) is 0 Å². The van der Waals surface area contributed by atoms with Crippen LogP contribution in [-0.4, -0.2) is 4.98 Å². The maximum Gasteiger partial charge on any atom is 0.230 e. The minimum atomic E-state index is 0.497. The van der Waals surface area contributed by atoms with Gasteiger partial charge in [0.15, 0.2) is 0 Å². The third kappa shape index (κ3) is 3.63. The van der Waals surface area contributed by atoms with Gasteiger partial charge in [-0.1, -0.05) is 18.7 Å². The largest absolute Gasteiger partial charge is 0.456 e. The second-order valence-electron chi connectivity index (χ2n) is 4.43. The van der Waals surface area contributed by atoms with Gasteiger partial charge in [0.2, 0.25) is 5.89 Å². The zero-order valence-electron chi connectivity index (χ0n) is 12.2. The van der Waals surface area contributed by atoms with E-state index in [2.05, 4.69) is 11.6 Å². The fourth-order valence-electron chi connectivity index (χ4n) is 1.74. The van der Waals surface area contributed by atoms with Crippen LogP contribution in [0.2, 0.25) is 0 Å². The third-order valence-corrected chi connectivity index (χ3v) is 2.74. The Bertz CT molecular complexity index is 697. The lowest BCUT2D eigenvalue weighted by atomic mass is 10.2. The average Bonchev–Trinajstić information content (AvgIpc) is 2.90. The van der Waals surface area contributed by atoms with Crippen molar-refractivity contribution < 1.29 is 9.15 Å². The van der Waals surface area contributed by atoms with Gasteiger partial charge in [-0.05, 0) is 38.1 Å². The van der Waals surface area contributed by atoms with Crippen LogP contribution in [0.1, 0.15) is 12.7 Å². The zero-order chi connectivity index (χ0) is 15.2. The van der Waals surface area contributed by atoms with Crippen LogP contribution < -0.4 is 10.5 Å². The van der Waals surface area contributed by atoms with E-state index in [0.717, 1.165) is 11.3 Å². The summed E-state index contributed by atoms with van der Waals surface area (Å²) in [6.07, 6.45) is 8.90. The topological polar surface area (TPSA) is 61.3 Å². The van der Waals surface area contributed by atoms with Crippen molar-refractivity contribution in [1.29, 1.82) is 0 Å². The first-order chi connectivity index (χ1) is 10.1. The molecule has 2 N–H and O–H groups in total. The first-order valence-electron chi connectivity index (χ1n) is 6.59. The summed E-state index contributed by atoms with van der Waals surface area (Å²) < 4.78 is 11.4. The lowest BCUT2D eigenvalue weighted by Gasteiger charge is -2.10. The van der Waals surface area contributed by atoms with Crippen molar-refractivity contribution in [2.24, 2.45) is 0 Å². The fourth-order valence-corrected chi connectivity index (χ4v) is 1.74. The van der Waals surface area contributed by atoms with Crippen molar-refractivity contribution in [3.8, 4) is 17.2 Å². The molecule has 0 amide bonds. The standard InChI is InChI=1S/C17H18N2O2/c1-4-6-7-14(5-2)21-16-10-13(18)8-9-15(16)17-19-11-12(3)20-17/h4-11H,2,18H2,1,3H3/b6-4-,14-7+. The van der Waals surface area contributed by atoms with E-state index in [1.807, 2.05) is 38.1 Å². The van der Waals surface area contributed by atoms with Crippen molar-refractivity contribution in [1.82, 2.24) is 4.98 Å². The molecule has 0 radical (unpaired) electrons. The molecule has 0 unspecified atom stereocenters. The highest BCUT2D eigenvalue weighted by molar-refractivity contribution is 5.67. The normalized spacial score (nSPS) is 11.8. The number of benzene rings is 1. The highest BCUT2D eigenvalue weighted by Crippen LogP contribution is 2.32. The van der Waals surface area contributed by atoms with E-state index in [1.54, 1.807) is 24.4 Å². The average molecular weight is 282 g/mol. The van der Waals surface area contributed by atoms with Gasteiger partial charge in [0, 0.05) is 11.8 Å². The third-order valence-electron chi connectivity index (χ3n) is 2.74. The second-order valence-corrected chi connectivity index (χ2v) is 4.43. The van der Waals surface area contributed by atoms with E-state index in [-0.39, 0.29) is 0 Å². The van der Waals surface area contributed by atoms with Gasteiger partial charge in [-0.3, -0.25) is 0 Å². The minimum Gasteiger partial charge on any atom is -0.456 e. The van der Waals surface area contributed by atoms with Crippen LogP contribution in [0.4, 0.5) is 5.69 Å². The van der Waals surface area contributed by atoms with Gasteiger partial charge in [-0.15, -0.1) is 0 Å². The molecule has 2 aromatic rings. The van der Waals surface area contributed by atoms with Crippen molar-refractivity contribution in [3.63, 3.8) is 0 Å². The molecule has 0 aliphatic rings. The molecule has 4 heteroatoms. The summed E-state index contributed by atoms with van der Waals surface area (Å²) in [5.74, 6) is 2.42. The van der Waals surface area contributed by atoms with Crippen LogP contribution in [0.3, 0.4) is 0 Å². The van der Waals surface area contributed by atoms with Gasteiger partial charge in [0.05, 0.1) is 11.8 Å². The molecule has 108 valence electrons. The van der Waals surface area contributed by atoms with E-state index < -0.39 is 0 Å². The predicted molar refractivity (Wildman–Crippen MR) is 84.8 cm³/mol. The van der Waals surface area contributed by atoms with Crippen LogP contribution in [0.15, 0.2) is 65.5 Å². The fraction of sp³-hybridized carbons (Fsp3) is 0.118. The Morgan fingerprint density at radius 3 is 2.86 bits per heavy atom. The predicted octanol–water partition coefficient (Wildman–Crippen LogP) is 4.26. The van der Waals surface area contributed by atoms with Gasteiger partial charge < -0.3 is 14.9 Å². The molecule has 0 bridgehead atoms. The summed E-state index contributed by atoms with van der Waals surface area (Å²) >= 11 is 0. The Kier molecular flexibility index (Phi) is 4.61. The number of nitrogens with zero attached hydrogens (tertiary/aromatic N) is 1. The summed E-state index contributed by atoms with van der Waals surface area (Å²) in [4.78, 5) is 4.22. The molecule has 0 spiro atoms. The van der Waals surface area contributed by atoms with Gasteiger partial charge >= 0.3 is 0 Å². The van der Waals surface area contributed by atoms with Gasteiger partial charge in [-0.25, -0.2) is 4.98 Å². The molecule has 1 aromatic heterocycles. The van der Waals surface area contributed by atoms with Crippen LogP contribution >= 0.6 is 0 Å². The number of aryl methyl sites for hydroxylation is 1. The van der Waals surface area contributed by atoms with E-state index in [9.17, 15) is 0 Å². The zero-order valence-corrected chi connectivity index (χ0v) is 12.2. The van der Waals surface area contributed by atoms with Gasteiger partial charge in [0.1, 0.15) is 17.3 Å².